The van der Waals surface area contributed by atoms with E-state index in [0.717, 1.165) is 6.20 Å². The Balaban J connectivity index is 2.34. The molecule has 27 heavy (non-hydrogen) atoms. The number of imidazole rings is 1. The first-order valence-corrected chi connectivity index (χ1v) is 9.37. The molecule has 0 atom stereocenters. The van der Waals surface area contributed by atoms with Crippen LogP contribution in [-0.4, -0.2) is 34.6 Å². The average molecular weight is 396 g/mol. The number of methoxy groups -OCH3 is 1. The van der Waals surface area contributed by atoms with Crippen molar-refractivity contribution in [2.24, 2.45) is 0 Å². The van der Waals surface area contributed by atoms with Gasteiger partial charge in [0.1, 0.15) is 16.3 Å². The van der Waals surface area contributed by atoms with Crippen molar-refractivity contribution in [1.29, 1.82) is 0 Å². The highest BCUT2D eigenvalue weighted by atomic mass is 32.2. The third-order valence-corrected chi connectivity index (χ3v) is 6.65. The highest BCUT2D eigenvalue weighted by molar-refractivity contribution is 7.92. The van der Waals surface area contributed by atoms with E-state index in [4.69, 9.17) is 10.5 Å². The standard InChI is InChI=1S/C17H18F2N4O3S/c1-17(2,3)27(24,25)12-8-23-10(7-21-13(23)5-11(12)26-4)9-6-22-16(20)15(19)14(9)18/h5-8H,1-4H3,(H2,20,22). The zero-order valence-electron chi connectivity index (χ0n) is 15.1. The van der Waals surface area contributed by atoms with Crippen LogP contribution in [0.2, 0.25) is 0 Å². The number of nitrogens with two attached hydrogens (primary N) is 1. The molecule has 0 saturated heterocycles. The molecular weight excluding hydrogens is 378 g/mol. The number of halogens is 2. The first kappa shape index (κ1) is 19.0. The highest BCUT2D eigenvalue weighted by Crippen LogP contribution is 2.35. The summed E-state index contributed by atoms with van der Waals surface area (Å²) in [5.74, 6) is -2.93. The van der Waals surface area contributed by atoms with Crippen LogP contribution in [0.25, 0.3) is 16.9 Å². The summed E-state index contributed by atoms with van der Waals surface area (Å²) in [6.45, 7) is 4.67. The third kappa shape index (κ3) is 2.89. The quantitative estimate of drug-likeness (QED) is 0.731. The van der Waals surface area contributed by atoms with Gasteiger partial charge in [0.15, 0.2) is 21.5 Å². The van der Waals surface area contributed by atoms with Crippen LogP contribution in [-0.2, 0) is 9.84 Å². The lowest BCUT2D eigenvalue weighted by atomic mass is 10.2. The Bertz CT molecular complexity index is 1150. The van der Waals surface area contributed by atoms with Crippen molar-refractivity contribution in [3.63, 3.8) is 0 Å². The van der Waals surface area contributed by atoms with Crippen molar-refractivity contribution in [3.8, 4) is 17.0 Å². The van der Waals surface area contributed by atoms with Crippen molar-refractivity contribution in [2.75, 3.05) is 12.8 Å². The SMILES string of the molecule is COc1cc2ncc(-c3cnc(N)c(F)c3F)n2cc1S(=O)(=O)C(C)(C)C. The number of fused-ring (bicyclic) bond motifs is 1. The van der Waals surface area contributed by atoms with E-state index in [9.17, 15) is 17.2 Å². The van der Waals surface area contributed by atoms with Crippen LogP contribution < -0.4 is 10.5 Å². The second kappa shape index (κ2) is 6.15. The number of ether oxygens (including phenoxy) is 1. The molecule has 3 rings (SSSR count). The number of nitrogen functional groups attached to an aromatic ring is 1. The monoisotopic (exact) mass is 396 g/mol. The minimum Gasteiger partial charge on any atom is -0.495 e. The lowest BCUT2D eigenvalue weighted by Gasteiger charge is -2.21. The second-order valence-electron chi connectivity index (χ2n) is 6.88. The first-order valence-electron chi connectivity index (χ1n) is 7.88. The molecule has 0 aliphatic rings. The fraction of sp³-hybridized carbons (Fsp3) is 0.294. The fourth-order valence-corrected chi connectivity index (χ4v) is 3.85. The summed E-state index contributed by atoms with van der Waals surface area (Å²) in [4.78, 5) is 7.66. The molecule has 3 aromatic heterocycles. The molecule has 0 aliphatic carbocycles. The number of pyridine rings is 2. The topological polar surface area (TPSA) is 99.6 Å². The zero-order chi connectivity index (χ0) is 20.1. The molecule has 0 saturated carbocycles. The van der Waals surface area contributed by atoms with Crippen molar-refractivity contribution in [3.05, 3.63) is 36.3 Å². The molecule has 0 amide bonds. The summed E-state index contributed by atoms with van der Waals surface area (Å²) in [5.41, 5.74) is 5.51. The molecule has 0 radical (unpaired) electrons. The molecule has 7 nitrogen and oxygen atoms in total. The molecule has 0 aromatic carbocycles. The Hall–Kier alpha value is -2.75. The summed E-state index contributed by atoms with van der Waals surface area (Å²) < 4.78 is 59.5. The van der Waals surface area contributed by atoms with Gasteiger partial charge in [-0.1, -0.05) is 0 Å². The summed E-state index contributed by atoms with van der Waals surface area (Å²) in [7, 11) is -2.45. The van der Waals surface area contributed by atoms with E-state index in [1.54, 1.807) is 20.8 Å². The van der Waals surface area contributed by atoms with Gasteiger partial charge in [0.2, 0.25) is 5.82 Å². The van der Waals surface area contributed by atoms with E-state index in [1.807, 2.05) is 0 Å². The molecular formula is C17H18F2N4O3S. The van der Waals surface area contributed by atoms with E-state index >= 15 is 0 Å². The Labute approximate surface area is 154 Å². The Morgan fingerprint density at radius 1 is 1.15 bits per heavy atom. The van der Waals surface area contributed by atoms with Gasteiger partial charge in [-0.15, -0.1) is 0 Å². The molecule has 0 unspecified atom stereocenters. The summed E-state index contributed by atoms with van der Waals surface area (Å²) in [6, 6.07) is 1.42. The Kier molecular flexibility index (Phi) is 4.34. The van der Waals surface area contributed by atoms with E-state index in [-0.39, 0.29) is 21.9 Å². The maximum Gasteiger partial charge on any atom is 0.201 e. The van der Waals surface area contributed by atoms with Crippen molar-refractivity contribution in [1.82, 2.24) is 14.4 Å². The van der Waals surface area contributed by atoms with Crippen LogP contribution in [0.5, 0.6) is 5.75 Å². The maximum absolute atomic E-state index is 14.3. The Morgan fingerprint density at radius 2 is 1.81 bits per heavy atom. The second-order valence-corrected chi connectivity index (χ2v) is 9.55. The largest absolute Gasteiger partial charge is 0.495 e. The number of aromatic nitrogens is 3. The highest BCUT2D eigenvalue weighted by Gasteiger charge is 2.34. The number of anilines is 1. The van der Waals surface area contributed by atoms with Gasteiger partial charge < -0.3 is 10.5 Å². The summed E-state index contributed by atoms with van der Waals surface area (Å²) >= 11 is 0. The van der Waals surface area contributed by atoms with E-state index in [0.29, 0.717) is 5.65 Å². The van der Waals surface area contributed by atoms with Crippen LogP contribution in [0, 0.1) is 11.6 Å². The predicted molar refractivity (Wildman–Crippen MR) is 96.2 cm³/mol. The minimum atomic E-state index is -3.79. The van der Waals surface area contributed by atoms with Gasteiger partial charge in [0, 0.05) is 18.5 Å². The predicted octanol–water partition coefficient (Wildman–Crippen LogP) is 2.84. The zero-order valence-corrected chi connectivity index (χ0v) is 15.9. The molecule has 10 heteroatoms. The summed E-state index contributed by atoms with van der Waals surface area (Å²) in [6.07, 6.45) is 3.64. The Morgan fingerprint density at radius 3 is 2.41 bits per heavy atom. The van der Waals surface area contributed by atoms with Crippen LogP contribution in [0.15, 0.2) is 29.6 Å². The van der Waals surface area contributed by atoms with Crippen LogP contribution in [0.3, 0.4) is 0 Å². The van der Waals surface area contributed by atoms with E-state index < -0.39 is 32.0 Å². The van der Waals surface area contributed by atoms with Crippen molar-refractivity contribution < 1.29 is 21.9 Å². The van der Waals surface area contributed by atoms with Gasteiger partial charge >= 0.3 is 0 Å². The van der Waals surface area contributed by atoms with Crippen molar-refractivity contribution >= 4 is 21.3 Å². The lowest BCUT2D eigenvalue weighted by Crippen LogP contribution is -2.28. The molecule has 0 fully saturated rings. The third-order valence-electron chi connectivity index (χ3n) is 4.15. The number of sulfone groups is 1. The maximum atomic E-state index is 14.3. The van der Waals surface area contributed by atoms with Crippen LogP contribution >= 0.6 is 0 Å². The average Bonchev–Trinajstić information content (AvgIpc) is 3.00. The molecule has 3 heterocycles. The van der Waals surface area contributed by atoms with Gasteiger partial charge in [-0.25, -0.2) is 22.8 Å². The van der Waals surface area contributed by atoms with Gasteiger partial charge in [-0.2, -0.15) is 4.39 Å². The van der Waals surface area contributed by atoms with Gasteiger partial charge in [-0.05, 0) is 20.8 Å². The molecule has 0 spiro atoms. The number of rotatable bonds is 3. The number of hydrogen-bond donors (Lipinski definition) is 1. The molecule has 0 aliphatic heterocycles. The van der Waals surface area contributed by atoms with Gasteiger partial charge in [0.25, 0.3) is 0 Å². The van der Waals surface area contributed by atoms with Gasteiger partial charge in [-0.3, -0.25) is 4.40 Å². The fourth-order valence-electron chi connectivity index (χ4n) is 2.53. The van der Waals surface area contributed by atoms with Crippen molar-refractivity contribution in [2.45, 2.75) is 30.4 Å². The normalized spacial score (nSPS) is 12.5. The molecule has 3 aromatic rings. The minimum absolute atomic E-state index is 0.0893. The number of nitrogens with zero attached hydrogens (tertiary/aromatic N) is 3. The number of hydrogen-bond acceptors (Lipinski definition) is 6. The summed E-state index contributed by atoms with van der Waals surface area (Å²) in [5, 5.41) is 0. The van der Waals surface area contributed by atoms with E-state index in [1.165, 1.54) is 30.0 Å². The van der Waals surface area contributed by atoms with Crippen LogP contribution in [0.4, 0.5) is 14.6 Å². The first-order chi connectivity index (χ1) is 12.5. The molecule has 2 N–H and O–H groups in total. The van der Waals surface area contributed by atoms with E-state index in [2.05, 4.69) is 9.97 Å². The van der Waals surface area contributed by atoms with Crippen LogP contribution in [0.1, 0.15) is 20.8 Å². The smallest absolute Gasteiger partial charge is 0.201 e. The molecule has 144 valence electrons. The van der Waals surface area contributed by atoms with Gasteiger partial charge in [0.05, 0.1) is 29.3 Å². The lowest BCUT2D eigenvalue weighted by molar-refractivity contribution is 0.401. The molecule has 0 bridgehead atoms.